The van der Waals surface area contributed by atoms with E-state index in [1.165, 1.54) is 0 Å². The van der Waals surface area contributed by atoms with Crippen molar-refractivity contribution in [2.75, 3.05) is 6.61 Å². The minimum absolute atomic E-state index is 0.449. The van der Waals surface area contributed by atoms with Crippen LogP contribution in [0.15, 0.2) is 73.1 Å². The Morgan fingerprint density at radius 2 is 1.81 bits per heavy atom. The molecule has 0 aliphatic carbocycles. The van der Waals surface area contributed by atoms with Crippen molar-refractivity contribution in [3.05, 3.63) is 83.6 Å². The van der Waals surface area contributed by atoms with Crippen LogP contribution in [-0.4, -0.2) is 16.0 Å². The van der Waals surface area contributed by atoms with Crippen LogP contribution in [0.3, 0.4) is 0 Å². The Hall–Kier alpha value is -2.98. The van der Waals surface area contributed by atoms with E-state index in [9.17, 15) is 0 Å². The summed E-state index contributed by atoms with van der Waals surface area (Å²) in [5.74, 6) is 1.42. The van der Waals surface area contributed by atoms with E-state index < -0.39 is 0 Å². The molecule has 0 saturated heterocycles. The Morgan fingerprint density at radius 3 is 2.59 bits per heavy atom. The number of hydrogen-bond acceptors (Lipinski definition) is 3. The van der Waals surface area contributed by atoms with Gasteiger partial charge in [-0.05, 0) is 55.0 Å². The SMILES string of the molecule is CCOc1cc(-c2cn3ccccc3n2)ccc1OCc1ccc(Cl)cc1. The molecule has 4 nitrogen and oxygen atoms in total. The third-order valence-corrected chi connectivity index (χ3v) is 4.46. The van der Waals surface area contributed by atoms with Gasteiger partial charge in [0, 0.05) is 23.0 Å². The van der Waals surface area contributed by atoms with Gasteiger partial charge in [0.05, 0.1) is 12.3 Å². The summed E-state index contributed by atoms with van der Waals surface area (Å²) in [6.07, 6.45) is 3.99. The second kappa shape index (κ2) is 7.72. The summed E-state index contributed by atoms with van der Waals surface area (Å²) >= 11 is 5.93. The first-order valence-corrected chi connectivity index (χ1v) is 9.19. The molecule has 4 aromatic rings. The zero-order valence-electron chi connectivity index (χ0n) is 14.9. The van der Waals surface area contributed by atoms with Crippen LogP contribution in [-0.2, 0) is 6.61 Å². The number of ether oxygens (including phenoxy) is 2. The molecule has 2 heterocycles. The van der Waals surface area contributed by atoms with Gasteiger partial charge in [0.25, 0.3) is 0 Å². The van der Waals surface area contributed by atoms with Gasteiger partial charge in [-0.3, -0.25) is 0 Å². The van der Waals surface area contributed by atoms with Gasteiger partial charge in [-0.2, -0.15) is 0 Å². The number of rotatable bonds is 6. The summed E-state index contributed by atoms with van der Waals surface area (Å²) in [5, 5.41) is 0.713. The molecule has 27 heavy (non-hydrogen) atoms. The quantitative estimate of drug-likeness (QED) is 0.436. The lowest BCUT2D eigenvalue weighted by Crippen LogP contribution is -2.00. The first-order chi connectivity index (χ1) is 13.2. The van der Waals surface area contributed by atoms with Crippen LogP contribution in [0.2, 0.25) is 5.02 Å². The van der Waals surface area contributed by atoms with Crippen LogP contribution in [0.1, 0.15) is 12.5 Å². The summed E-state index contributed by atoms with van der Waals surface area (Å²) < 4.78 is 13.8. The van der Waals surface area contributed by atoms with Crippen LogP contribution in [0, 0.1) is 0 Å². The lowest BCUT2D eigenvalue weighted by atomic mass is 10.1. The fourth-order valence-electron chi connectivity index (χ4n) is 2.87. The van der Waals surface area contributed by atoms with Crippen molar-refractivity contribution in [1.82, 2.24) is 9.38 Å². The molecule has 0 spiro atoms. The molecular formula is C22H19ClN2O2. The highest BCUT2D eigenvalue weighted by molar-refractivity contribution is 6.30. The zero-order chi connectivity index (χ0) is 18.6. The summed E-state index contributed by atoms with van der Waals surface area (Å²) in [6.45, 7) is 2.97. The molecule has 0 unspecified atom stereocenters. The van der Waals surface area contributed by atoms with Crippen LogP contribution >= 0.6 is 11.6 Å². The summed E-state index contributed by atoms with van der Waals surface area (Å²) in [7, 11) is 0. The van der Waals surface area contributed by atoms with E-state index in [2.05, 4.69) is 4.98 Å². The molecule has 136 valence electrons. The normalized spacial score (nSPS) is 10.9. The van der Waals surface area contributed by atoms with Gasteiger partial charge in [-0.25, -0.2) is 4.98 Å². The first-order valence-electron chi connectivity index (χ1n) is 8.81. The van der Waals surface area contributed by atoms with E-state index in [-0.39, 0.29) is 0 Å². The van der Waals surface area contributed by atoms with Crippen molar-refractivity contribution in [2.45, 2.75) is 13.5 Å². The fraction of sp³-hybridized carbons (Fsp3) is 0.136. The highest BCUT2D eigenvalue weighted by Crippen LogP contribution is 2.33. The molecule has 2 aromatic heterocycles. The molecule has 0 amide bonds. The molecule has 0 fully saturated rings. The van der Waals surface area contributed by atoms with Gasteiger partial charge in [-0.15, -0.1) is 0 Å². The van der Waals surface area contributed by atoms with Crippen molar-refractivity contribution >= 4 is 17.2 Å². The average molecular weight is 379 g/mol. The van der Waals surface area contributed by atoms with Crippen LogP contribution in [0.25, 0.3) is 16.9 Å². The average Bonchev–Trinajstić information content (AvgIpc) is 3.13. The van der Waals surface area contributed by atoms with Gasteiger partial charge >= 0.3 is 0 Å². The second-order valence-corrected chi connectivity index (χ2v) is 6.54. The van der Waals surface area contributed by atoms with Crippen LogP contribution in [0.4, 0.5) is 0 Å². The molecule has 2 aromatic carbocycles. The highest BCUT2D eigenvalue weighted by atomic mass is 35.5. The van der Waals surface area contributed by atoms with E-state index >= 15 is 0 Å². The third kappa shape index (κ3) is 3.91. The van der Waals surface area contributed by atoms with Gasteiger partial charge in [-0.1, -0.05) is 29.8 Å². The molecule has 0 aliphatic rings. The second-order valence-electron chi connectivity index (χ2n) is 6.10. The predicted molar refractivity (Wildman–Crippen MR) is 108 cm³/mol. The Kier molecular flexibility index (Phi) is 4.99. The van der Waals surface area contributed by atoms with Gasteiger partial charge in [0.2, 0.25) is 0 Å². The topological polar surface area (TPSA) is 35.8 Å². The number of aromatic nitrogens is 2. The minimum atomic E-state index is 0.449. The van der Waals surface area contributed by atoms with E-state index in [1.54, 1.807) is 0 Å². The molecule has 0 atom stereocenters. The standard InChI is InChI=1S/C22H19ClN2O2/c1-2-26-21-13-17(19-14-25-12-4-3-5-22(25)24-19)8-11-20(21)27-15-16-6-9-18(23)10-7-16/h3-14H,2,15H2,1H3. The van der Waals surface area contributed by atoms with Crippen molar-refractivity contribution in [3.63, 3.8) is 0 Å². The number of fused-ring (bicyclic) bond motifs is 1. The van der Waals surface area contributed by atoms with Crippen molar-refractivity contribution in [1.29, 1.82) is 0 Å². The number of nitrogens with zero attached hydrogens (tertiary/aromatic N) is 2. The fourth-order valence-corrected chi connectivity index (χ4v) is 3.00. The largest absolute Gasteiger partial charge is 0.490 e. The summed E-state index contributed by atoms with van der Waals surface area (Å²) in [4.78, 5) is 4.67. The smallest absolute Gasteiger partial charge is 0.161 e. The van der Waals surface area contributed by atoms with Crippen molar-refractivity contribution in [3.8, 4) is 22.8 Å². The lowest BCUT2D eigenvalue weighted by molar-refractivity contribution is 0.269. The van der Waals surface area contributed by atoms with Crippen LogP contribution < -0.4 is 9.47 Å². The summed E-state index contributed by atoms with van der Waals surface area (Å²) in [6, 6.07) is 19.5. The third-order valence-electron chi connectivity index (χ3n) is 4.21. The Bertz CT molecular complexity index is 1020. The summed E-state index contributed by atoms with van der Waals surface area (Å²) in [5.41, 5.74) is 3.84. The predicted octanol–water partition coefficient (Wildman–Crippen LogP) is 5.63. The van der Waals surface area contributed by atoms with Gasteiger partial charge in [0.15, 0.2) is 11.5 Å². The molecule has 0 saturated carbocycles. The van der Waals surface area contributed by atoms with Crippen molar-refractivity contribution < 1.29 is 9.47 Å². The number of benzene rings is 2. The van der Waals surface area contributed by atoms with Gasteiger partial charge < -0.3 is 13.9 Å². The van der Waals surface area contributed by atoms with E-state index in [0.29, 0.717) is 29.7 Å². The zero-order valence-corrected chi connectivity index (χ0v) is 15.7. The minimum Gasteiger partial charge on any atom is -0.490 e. The van der Waals surface area contributed by atoms with E-state index in [0.717, 1.165) is 22.5 Å². The molecule has 4 rings (SSSR count). The van der Waals surface area contributed by atoms with E-state index in [1.807, 2.05) is 84.4 Å². The lowest BCUT2D eigenvalue weighted by Gasteiger charge is -2.13. The number of imidazole rings is 1. The maximum atomic E-state index is 5.97. The molecular weight excluding hydrogens is 360 g/mol. The maximum absolute atomic E-state index is 5.97. The molecule has 0 aliphatic heterocycles. The molecule has 0 N–H and O–H groups in total. The maximum Gasteiger partial charge on any atom is 0.161 e. The van der Waals surface area contributed by atoms with E-state index in [4.69, 9.17) is 21.1 Å². The Morgan fingerprint density at radius 1 is 0.963 bits per heavy atom. The van der Waals surface area contributed by atoms with Crippen LogP contribution in [0.5, 0.6) is 11.5 Å². The molecule has 5 heteroatoms. The highest BCUT2D eigenvalue weighted by Gasteiger charge is 2.11. The Balaban J connectivity index is 1.60. The molecule has 0 bridgehead atoms. The number of hydrogen-bond donors (Lipinski definition) is 0. The number of pyridine rings is 1. The number of halogens is 1. The Labute approximate surface area is 163 Å². The van der Waals surface area contributed by atoms with Crippen molar-refractivity contribution in [2.24, 2.45) is 0 Å². The monoisotopic (exact) mass is 378 g/mol. The molecule has 0 radical (unpaired) electrons. The van der Waals surface area contributed by atoms with Gasteiger partial charge in [0.1, 0.15) is 12.3 Å². The first kappa shape index (κ1) is 17.4.